The Kier molecular flexibility index (Phi) is 2.06. The minimum absolute atomic E-state index is 0.781. The number of fused-ring (bicyclic) bond motifs is 1. The van der Waals surface area contributed by atoms with Crippen LogP contribution < -0.4 is 4.90 Å². The molecule has 0 radical (unpaired) electrons. The van der Waals surface area contributed by atoms with Crippen molar-refractivity contribution in [3.63, 3.8) is 0 Å². The average molecular weight is 222 g/mol. The van der Waals surface area contributed by atoms with E-state index in [0.717, 1.165) is 34.8 Å². The number of anilines is 1. The smallest absolute Gasteiger partial charge is 0.159 e. The van der Waals surface area contributed by atoms with Gasteiger partial charge in [0.1, 0.15) is 0 Å². The Bertz CT molecular complexity index is 486. The summed E-state index contributed by atoms with van der Waals surface area (Å²) in [5, 5.41) is 9.22. The van der Waals surface area contributed by atoms with Crippen LogP contribution in [0.2, 0.25) is 5.02 Å². The van der Waals surface area contributed by atoms with Crippen LogP contribution in [0.1, 0.15) is 12.8 Å². The second-order valence-electron chi connectivity index (χ2n) is 3.90. The van der Waals surface area contributed by atoms with Crippen molar-refractivity contribution in [2.45, 2.75) is 12.8 Å². The molecule has 1 fully saturated rings. The highest BCUT2D eigenvalue weighted by Gasteiger charge is 2.18. The molecule has 1 N–H and O–H groups in total. The fourth-order valence-electron chi connectivity index (χ4n) is 2.17. The first kappa shape index (κ1) is 9.04. The summed E-state index contributed by atoms with van der Waals surface area (Å²) in [7, 11) is 0. The Labute approximate surface area is 93.0 Å². The van der Waals surface area contributed by atoms with Crippen LogP contribution in [-0.4, -0.2) is 23.3 Å². The first-order valence-electron chi connectivity index (χ1n) is 5.24. The number of halogens is 1. The zero-order chi connectivity index (χ0) is 10.3. The molecule has 1 saturated heterocycles. The molecular formula is C11H12ClN3. The topological polar surface area (TPSA) is 31.9 Å². The van der Waals surface area contributed by atoms with Crippen molar-refractivity contribution in [3.05, 3.63) is 23.2 Å². The zero-order valence-electron chi connectivity index (χ0n) is 8.33. The predicted octanol–water partition coefficient (Wildman–Crippen LogP) is 2.82. The van der Waals surface area contributed by atoms with Gasteiger partial charge in [-0.2, -0.15) is 5.10 Å². The largest absolute Gasteiger partial charge is 0.355 e. The molecule has 3 rings (SSSR count). The molecule has 1 aliphatic heterocycles. The SMILES string of the molecule is Clc1cccc2[nH]nc(N3CCCC3)c12. The van der Waals surface area contributed by atoms with Crippen LogP contribution >= 0.6 is 11.6 Å². The van der Waals surface area contributed by atoms with Crippen LogP contribution in [0.3, 0.4) is 0 Å². The van der Waals surface area contributed by atoms with Crippen LogP contribution in [0.15, 0.2) is 18.2 Å². The monoisotopic (exact) mass is 221 g/mol. The molecule has 1 aliphatic rings. The van der Waals surface area contributed by atoms with Crippen LogP contribution in [0, 0.1) is 0 Å². The summed E-state index contributed by atoms with van der Waals surface area (Å²) in [6.07, 6.45) is 2.50. The Morgan fingerprint density at radius 3 is 2.87 bits per heavy atom. The maximum atomic E-state index is 6.20. The number of H-pyrrole nitrogens is 1. The lowest BCUT2D eigenvalue weighted by atomic mass is 10.2. The van der Waals surface area contributed by atoms with Gasteiger partial charge in [-0.3, -0.25) is 5.10 Å². The number of benzene rings is 1. The Hall–Kier alpha value is -1.22. The second kappa shape index (κ2) is 3.42. The third-order valence-electron chi connectivity index (χ3n) is 2.93. The fraction of sp³-hybridized carbons (Fsp3) is 0.364. The number of hydrogen-bond donors (Lipinski definition) is 1. The minimum Gasteiger partial charge on any atom is -0.355 e. The van der Waals surface area contributed by atoms with Gasteiger partial charge in [0.05, 0.1) is 15.9 Å². The molecule has 4 heteroatoms. The van der Waals surface area contributed by atoms with Crippen molar-refractivity contribution in [1.29, 1.82) is 0 Å². The number of nitrogens with one attached hydrogen (secondary N) is 1. The number of nitrogens with zero attached hydrogens (tertiary/aromatic N) is 2. The maximum Gasteiger partial charge on any atom is 0.159 e. The van der Waals surface area contributed by atoms with E-state index in [2.05, 4.69) is 15.1 Å². The summed E-state index contributed by atoms with van der Waals surface area (Å²) < 4.78 is 0. The highest BCUT2D eigenvalue weighted by Crippen LogP contribution is 2.32. The summed E-state index contributed by atoms with van der Waals surface area (Å²) in [5.41, 5.74) is 1.02. The normalized spacial score (nSPS) is 16.5. The molecule has 78 valence electrons. The molecule has 1 aromatic carbocycles. The molecule has 1 aromatic heterocycles. The van der Waals surface area contributed by atoms with Gasteiger partial charge in [0.15, 0.2) is 5.82 Å². The standard InChI is InChI=1S/C11H12ClN3/c12-8-4-3-5-9-10(8)11(14-13-9)15-6-1-2-7-15/h3-5H,1-2,6-7H2,(H,13,14). The van der Waals surface area contributed by atoms with E-state index in [1.54, 1.807) is 0 Å². The molecule has 3 nitrogen and oxygen atoms in total. The van der Waals surface area contributed by atoms with E-state index in [4.69, 9.17) is 11.6 Å². The van der Waals surface area contributed by atoms with Crippen molar-refractivity contribution in [2.75, 3.05) is 18.0 Å². The van der Waals surface area contributed by atoms with Crippen molar-refractivity contribution >= 4 is 28.3 Å². The lowest BCUT2D eigenvalue weighted by Gasteiger charge is -2.14. The summed E-state index contributed by atoms with van der Waals surface area (Å²) in [5.74, 6) is 1.01. The number of aromatic nitrogens is 2. The molecular weight excluding hydrogens is 210 g/mol. The van der Waals surface area contributed by atoms with Crippen LogP contribution in [0.4, 0.5) is 5.82 Å². The van der Waals surface area contributed by atoms with E-state index < -0.39 is 0 Å². The predicted molar refractivity (Wildman–Crippen MR) is 62.6 cm³/mol. The van der Waals surface area contributed by atoms with E-state index in [0.29, 0.717) is 0 Å². The van der Waals surface area contributed by atoms with Gasteiger partial charge < -0.3 is 4.90 Å². The van der Waals surface area contributed by atoms with E-state index >= 15 is 0 Å². The van der Waals surface area contributed by atoms with Gasteiger partial charge in [-0.05, 0) is 25.0 Å². The summed E-state index contributed by atoms with van der Waals surface area (Å²) in [6, 6.07) is 5.86. The zero-order valence-corrected chi connectivity index (χ0v) is 9.09. The fourth-order valence-corrected chi connectivity index (χ4v) is 2.43. The first-order chi connectivity index (χ1) is 7.36. The Morgan fingerprint density at radius 1 is 1.27 bits per heavy atom. The first-order valence-corrected chi connectivity index (χ1v) is 5.61. The highest BCUT2D eigenvalue weighted by molar-refractivity contribution is 6.36. The average Bonchev–Trinajstić information content (AvgIpc) is 2.85. The van der Waals surface area contributed by atoms with Crippen LogP contribution in [-0.2, 0) is 0 Å². The van der Waals surface area contributed by atoms with Gasteiger partial charge in [0.25, 0.3) is 0 Å². The van der Waals surface area contributed by atoms with E-state index in [9.17, 15) is 0 Å². The molecule has 0 aliphatic carbocycles. The van der Waals surface area contributed by atoms with Crippen molar-refractivity contribution in [1.82, 2.24) is 10.2 Å². The van der Waals surface area contributed by atoms with E-state index in [-0.39, 0.29) is 0 Å². The summed E-state index contributed by atoms with van der Waals surface area (Å²) >= 11 is 6.20. The molecule has 2 heterocycles. The number of hydrogen-bond acceptors (Lipinski definition) is 2. The third-order valence-corrected chi connectivity index (χ3v) is 3.24. The lowest BCUT2D eigenvalue weighted by Crippen LogP contribution is -2.18. The number of rotatable bonds is 1. The van der Waals surface area contributed by atoms with Gasteiger partial charge in [0, 0.05) is 13.1 Å². The van der Waals surface area contributed by atoms with E-state index in [1.807, 2.05) is 18.2 Å². The highest BCUT2D eigenvalue weighted by atomic mass is 35.5. The van der Waals surface area contributed by atoms with Crippen LogP contribution in [0.5, 0.6) is 0 Å². The Morgan fingerprint density at radius 2 is 2.07 bits per heavy atom. The van der Waals surface area contributed by atoms with Gasteiger partial charge >= 0.3 is 0 Å². The second-order valence-corrected chi connectivity index (χ2v) is 4.31. The molecule has 0 unspecified atom stereocenters. The maximum absolute atomic E-state index is 6.20. The lowest BCUT2D eigenvalue weighted by molar-refractivity contribution is 0.926. The van der Waals surface area contributed by atoms with E-state index in [1.165, 1.54) is 12.8 Å². The molecule has 0 saturated carbocycles. The van der Waals surface area contributed by atoms with Crippen molar-refractivity contribution < 1.29 is 0 Å². The summed E-state index contributed by atoms with van der Waals surface area (Å²) in [4.78, 5) is 2.30. The van der Waals surface area contributed by atoms with Gasteiger partial charge in [-0.1, -0.05) is 17.7 Å². The molecule has 0 bridgehead atoms. The minimum atomic E-state index is 0.781. The quantitative estimate of drug-likeness (QED) is 0.803. The third kappa shape index (κ3) is 1.38. The van der Waals surface area contributed by atoms with Crippen LogP contribution in [0.25, 0.3) is 10.9 Å². The molecule has 15 heavy (non-hydrogen) atoms. The molecule has 0 amide bonds. The summed E-state index contributed by atoms with van der Waals surface area (Å²) in [6.45, 7) is 2.18. The molecule has 2 aromatic rings. The van der Waals surface area contributed by atoms with Crippen molar-refractivity contribution in [2.24, 2.45) is 0 Å². The van der Waals surface area contributed by atoms with Gasteiger partial charge in [-0.15, -0.1) is 0 Å². The molecule has 0 spiro atoms. The Balaban J connectivity index is 2.18. The van der Waals surface area contributed by atoms with Gasteiger partial charge in [0.2, 0.25) is 0 Å². The van der Waals surface area contributed by atoms with Crippen molar-refractivity contribution in [3.8, 4) is 0 Å². The number of aromatic amines is 1. The van der Waals surface area contributed by atoms with Gasteiger partial charge in [-0.25, -0.2) is 0 Å². The molecule has 0 atom stereocenters.